The monoisotopic (exact) mass is 472 g/mol. The molecular formula is C26H24N4O3S. The van der Waals surface area contributed by atoms with Gasteiger partial charge in [-0.1, -0.05) is 24.3 Å². The zero-order valence-corrected chi connectivity index (χ0v) is 19.5. The quantitative estimate of drug-likeness (QED) is 0.461. The first-order chi connectivity index (χ1) is 16.4. The number of hydrogen-bond donors (Lipinski definition) is 1. The van der Waals surface area contributed by atoms with Crippen molar-refractivity contribution in [1.82, 2.24) is 9.97 Å². The van der Waals surface area contributed by atoms with Gasteiger partial charge < -0.3 is 5.32 Å². The Morgan fingerprint density at radius 2 is 1.79 bits per heavy atom. The number of aryl methyl sites for hydroxylation is 1. The predicted molar refractivity (Wildman–Crippen MR) is 134 cm³/mol. The lowest BCUT2D eigenvalue weighted by Crippen LogP contribution is -2.37. The van der Waals surface area contributed by atoms with Gasteiger partial charge in [0.05, 0.1) is 17.0 Å². The third kappa shape index (κ3) is 4.36. The first-order valence-electron chi connectivity index (χ1n) is 11.2. The summed E-state index contributed by atoms with van der Waals surface area (Å²) in [6, 6.07) is 20.1. The van der Waals surface area contributed by atoms with E-state index in [4.69, 9.17) is 0 Å². The van der Waals surface area contributed by atoms with Crippen LogP contribution in [0.5, 0.6) is 0 Å². The smallest absolute Gasteiger partial charge is 0.255 e. The van der Waals surface area contributed by atoms with Crippen LogP contribution in [0.15, 0.2) is 72.9 Å². The average molecular weight is 473 g/mol. The zero-order chi connectivity index (χ0) is 23.7. The summed E-state index contributed by atoms with van der Waals surface area (Å²) >= 11 is 0. The minimum atomic E-state index is -3.29. The van der Waals surface area contributed by atoms with Crippen molar-refractivity contribution in [3.05, 3.63) is 84.1 Å². The van der Waals surface area contributed by atoms with Gasteiger partial charge in [0.2, 0.25) is 10.0 Å². The lowest BCUT2D eigenvalue weighted by Gasteiger charge is -2.28. The van der Waals surface area contributed by atoms with Gasteiger partial charge in [-0.2, -0.15) is 0 Å². The molecule has 0 aliphatic carbocycles. The van der Waals surface area contributed by atoms with Crippen molar-refractivity contribution < 1.29 is 13.2 Å². The van der Waals surface area contributed by atoms with E-state index in [0.29, 0.717) is 35.7 Å². The molecule has 0 bridgehead atoms. The summed E-state index contributed by atoms with van der Waals surface area (Å²) in [5.74, 6) is 0.480. The van der Waals surface area contributed by atoms with E-state index in [1.54, 1.807) is 30.5 Å². The van der Waals surface area contributed by atoms with Crippen LogP contribution in [0.2, 0.25) is 0 Å². The summed E-state index contributed by atoms with van der Waals surface area (Å²) < 4.78 is 26.1. The third-order valence-electron chi connectivity index (χ3n) is 5.99. The van der Waals surface area contributed by atoms with E-state index < -0.39 is 10.0 Å². The van der Waals surface area contributed by atoms with Crippen molar-refractivity contribution in [3.63, 3.8) is 0 Å². The van der Waals surface area contributed by atoms with E-state index in [9.17, 15) is 13.2 Å². The van der Waals surface area contributed by atoms with Gasteiger partial charge in [-0.3, -0.25) is 9.10 Å². The van der Waals surface area contributed by atoms with Crippen molar-refractivity contribution in [2.45, 2.75) is 19.8 Å². The summed E-state index contributed by atoms with van der Waals surface area (Å²) in [7, 11) is -3.29. The molecule has 1 aliphatic heterocycles. The van der Waals surface area contributed by atoms with Crippen LogP contribution in [-0.2, 0) is 10.0 Å². The second-order valence-electron chi connectivity index (χ2n) is 8.38. The first-order valence-corrected chi connectivity index (χ1v) is 12.8. The first kappa shape index (κ1) is 22.0. The van der Waals surface area contributed by atoms with E-state index in [-0.39, 0.29) is 11.7 Å². The summed E-state index contributed by atoms with van der Waals surface area (Å²) in [6.07, 6.45) is 3.31. The Bertz CT molecular complexity index is 1480. The summed E-state index contributed by atoms with van der Waals surface area (Å²) in [4.78, 5) is 22.0. The van der Waals surface area contributed by atoms with Gasteiger partial charge in [-0.25, -0.2) is 18.4 Å². The molecule has 0 unspecified atom stereocenters. The standard InChI is InChI=1S/C26H24N4O3S/c1-18-8-11-21(16-23(18)25-27-17-20-6-2-3-7-24(20)29-25)28-26(31)19-9-12-22(13-10-19)30-14-4-5-15-34(30,32)33/h2-3,6-13,16-17H,4-5,14-15H2,1H3,(H,28,31). The highest BCUT2D eigenvalue weighted by molar-refractivity contribution is 7.92. The largest absolute Gasteiger partial charge is 0.322 e. The molecule has 0 radical (unpaired) electrons. The van der Waals surface area contributed by atoms with Crippen LogP contribution in [0.1, 0.15) is 28.8 Å². The van der Waals surface area contributed by atoms with Gasteiger partial charge in [0, 0.05) is 34.9 Å². The Morgan fingerprint density at radius 3 is 2.59 bits per heavy atom. The Kier molecular flexibility index (Phi) is 5.75. The summed E-state index contributed by atoms with van der Waals surface area (Å²) in [5, 5.41) is 3.89. The molecule has 34 heavy (non-hydrogen) atoms. The van der Waals surface area contributed by atoms with Gasteiger partial charge in [0.25, 0.3) is 5.91 Å². The fourth-order valence-corrected chi connectivity index (χ4v) is 5.74. The number of rotatable bonds is 4. The zero-order valence-electron chi connectivity index (χ0n) is 18.7. The third-order valence-corrected chi connectivity index (χ3v) is 7.86. The van der Waals surface area contributed by atoms with E-state index in [2.05, 4.69) is 15.3 Å². The van der Waals surface area contributed by atoms with E-state index in [1.165, 1.54) is 4.31 Å². The molecule has 1 amide bonds. The number of anilines is 2. The Balaban J connectivity index is 1.36. The lowest BCUT2D eigenvalue weighted by atomic mass is 10.1. The minimum absolute atomic E-state index is 0.159. The molecule has 4 aromatic rings. The van der Waals surface area contributed by atoms with Crippen LogP contribution in [0.4, 0.5) is 11.4 Å². The highest BCUT2D eigenvalue weighted by Crippen LogP contribution is 2.27. The highest BCUT2D eigenvalue weighted by Gasteiger charge is 2.26. The molecule has 2 heterocycles. The molecule has 1 aliphatic rings. The lowest BCUT2D eigenvalue weighted by molar-refractivity contribution is 0.102. The van der Waals surface area contributed by atoms with E-state index >= 15 is 0 Å². The number of amides is 1. The number of para-hydroxylation sites is 1. The molecule has 3 aromatic carbocycles. The van der Waals surface area contributed by atoms with Gasteiger partial charge >= 0.3 is 0 Å². The number of aromatic nitrogens is 2. The van der Waals surface area contributed by atoms with Crippen LogP contribution in [0.3, 0.4) is 0 Å². The number of sulfonamides is 1. The van der Waals surface area contributed by atoms with Crippen molar-refractivity contribution in [2.24, 2.45) is 0 Å². The van der Waals surface area contributed by atoms with E-state index in [1.807, 2.05) is 49.4 Å². The molecule has 1 fully saturated rings. The van der Waals surface area contributed by atoms with Crippen LogP contribution in [0.25, 0.3) is 22.3 Å². The van der Waals surface area contributed by atoms with Crippen LogP contribution in [0, 0.1) is 6.92 Å². The number of hydrogen-bond acceptors (Lipinski definition) is 5. The fraction of sp³-hybridized carbons (Fsp3) is 0.192. The number of nitrogens with zero attached hydrogens (tertiary/aromatic N) is 3. The van der Waals surface area contributed by atoms with Gasteiger partial charge in [0.1, 0.15) is 0 Å². The number of carbonyl (C=O) groups excluding carboxylic acids is 1. The molecule has 0 saturated carbocycles. The average Bonchev–Trinajstić information content (AvgIpc) is 2.85. The number of carbonyl (C=O) groups is 1. The van der Waals surface area contributed by atoms with Crippen LogP contribution < -0.4 is 9.62 Å². The highest BCUT2D eigenvalue weighted by atomic mass is 32.2. The molecule has 1 saturated heterocycles. The van der Waals surface area contributed by atoms with Crippen molar-refractivity contribution in [2.75, 3.05) is 21.9 Å². The Labute approximate surface area is 198 Å². The molecule has 1 N–H and O–H groups in total. The molecule has 0 spiro atoms. The molecular weight excluding hydrogens is 448 g/mol. The van der Waals surface area contributed by atoms with Gasteiger partial charge in [0.15, 0.2) is 5.82 Å². The molecule has 0 atom stereocenters. The van der Waals surface area contributed by atoms with Crippen LogP contribution >= 0.6 is 0 Å². The molecule has 172 valence electrons. The summed E-state index contributed by atoms with van der Waals surface area (Å²) in [5.41, 5.74) is 4.36. The van der Waals surface area contributed by atoms with Crippen molar-refractivity contribution in [1.29, 1.82) is 0 Å². The number of benzene rings is 3. The van der Waals surface area contributed by atoms with Crippen LogP contribution in [-0.4, -0.2) is 36.6 Å². The minimum Gasteiger partial charge on any atom is -0.322 e. The Morgan fingerprint density at radius 1 is 1.00 bits per heavy atom. The fourth-order valence-electron chi connectivity index (χ4n) is 4.10. The SMILES string of the molecule is Cc1ccc(NC(=O)c2ccc(N3CCCCS3(=O)=O)cc2)cc1-c1ncc2ccccc2n1. The maximum atomic E-state index is 12.9. The van der Waals surface area contributed by atoms with Gasteiger partial charge in [-0.05, 0) is 67.8 Å². The second-order valence-corrected chi connectivity index (χ2v) is 10.4. The maximum absolute atomic E-state index is 12.9. The maximum Gasteiger partial charge on any atom is 0.255 e. The van der Waals surface area contributed by atoms with Crippen molar-refractivity contribution in [3.8, 4) is 11.4 Å². The Hall–Kier alpha value is -3.78. The molecule has 1 aromatic heterocycles. The van der Waals surface area contributed by atoms with Gasteiger partial charge in [-0.15, -0.1) is 0 Å². The molecule has 7 nitrogen and oxygen atoms in total. The molecule has 5 rings (SSSR count). The predicted octanol–water partition coefficient (Wildman–Crippen LogP) is 4.79. The van der Waals surface area contributed by atoms with Crippen molar-refractivity contribution >= 4 is 38.2 Å². The molecule has 8 heteroatoms. The topological polar surface area (TPSA) is 92.3 Å². The normalized spacial score (nSPS) is 15.3. The van der Waals surface area contributed by atoms with E-state index in [0.717, 1.165) is 28.5 Å². The second kappa shape index (κ2) is 8.87. The summed E-state index contributed by atoms with van der Waals surface area (Å²) in [6.45, 7) is 2.45. The number of fused-ring (bicyclic) bond motifs is 1. The number of nitrogens with one attached hydrogen (secondary N) is 1.